The van der Waals surface area contributed by atoms with E-state index in [-0.39, 0.29) is 0 Å². The molecular formula is C15H16O3S. The minimum absolute atomic E-state index is 0.324. The van der Waals surface area contributed by atoms with E-state index in [0.29, 0.717) is 11.5 Å². The number of hydrogen-bond acceptors (Lipinski definition) is 3. The largest absolute Gasteiger partial charge is 0.493 e. The van der Waals surface area contributed by atoms with Gasteiger partial charge in [0.05, 0.1) is 11.5 Å². The Labute approximate surface area is 113 Å². The van der Waals surface area contributed by atoms with E-state index in [2.05, 4.69) is 0 Å². The molecule has 19 heavy (non-hydrogen) atoms. The maximum atomic E-state index is 11.4. The molecule has 0 spiro atoms. The van der Waals surface area contributed by atoms with Crippen LogP contribution in [0.25, 0.3) is 11.1 Å². The van der Waals surface area contributed by atoms with Crippen molar-refractivity contribution in [3.05, 3.63) is 48.5 Å². The third kappa shape index (κ3) is 3.15. The summed E-state index contributed by atoms with van der Waals surface area (Å²) in [5, 5.41) is 0. The van der Waals surface area contributed by atoms with Gasteiger partial charge in [-0.3, -0.25) is 0 Å². The van der Waals surface area contributed by atoms with E-state index in [1.165, 1.54) is 6.26 Å². The highest BCUT2D eigenvalue weighted by molar-refractivity contribution is 7.90. The Bertz CT molecular complexity index is 658. The first kappa shape index (κ1) is 13.6. The molecule has 0 unspecified atom stereocenters. The molecule has 0 N–H and O–H groups in total. The number of benzene rings is 2. The van der Waals surface area contributed by atoms with E-state index in [1.54, 1.807) is 24.3 Å². The van der Waals surface area contributed by atoms with Gasteiger partial charge in [0.1, 0.15) is 5.75 Å². The van der Waals surface area contributed by atoms with Crippen molar-refractivity contribution >= 4 is 9.84 Å². The first-order valence-corrected chi connectivity index (χ1v) is 7.94. The van der Waals surface area contributed by atoms with Gasteiger partial charge in [0.2, 0.25) is 0 Å². The van der Waals surface area contributed by atoms with Crippen molar-refractivity contribution in [2.24, 2.45) is 0 Å². The highest BCUT2D eigenvalue weighted by atomic mass is 32.2. The average Bonchev–Trinajstić information content (AvgIpc) is 2.39. The van der Waals surface area contributed by atoms with Crippen molar-refractivity contribution in [1.82, 2.24) is 0 Å². The van der Waals surface area contributed by atoms with Crippen LogP contribution in [0.2, 0.25) is 0 Å². The van der Waals surface area contributed by atoms with Crippen molar-refractivity contribution in [1.29, 1.82) is 0 Å². The molecule has 0 aromatic heterocycles. The Morgan fingerprint density at radius 1 is 1.00 bits per heavy atom. The maximum Gasteiger partial charge on any atom is 0.175 e. The van der Waals surface area contributed by atoms with Crippen LogP contribution in [0, 0.1) is 0 Å². The monoisotopic (exact) mass is 276 g/mol. The summed E-state index contributed by atoms with van der Waals surface area (Å²) in [4.78, 5) is 0.324. The number of para-hydroxylation sites is 1. The Hall–Kier alpha value is -1.81. The third-order valence-corrected chi connectivity index (χ3v) is 3.91. The van der Waals surface area contributed by atoms with Crippen LogP contribution in [-0.4, -0.2) is 21.3 Å². The molecule has 100 valence electrons. The van der Waals surface area contributed by atoms with Gasteiger partial charge in [0.15, 0.2) is 9.84 Å². The number of rotatable bonds is 4. The minimum Gasteiger partial charge on any atom is -0.493 e. The first-order chi connectivity index (χ1) is 9.02. The maximum absolute atomic E-state index is 11.4. The van der Waals surface area contributed by atoms with Crippen LogP contribution >= 0.6 is 0 Å². The molecule has 3 nitrogen and oxygen atoms in total. The van der Waals surface area contributed by atoms with E-state index in [1.807, 2.05) is 31.2 Å². The summed E-state index contributed by atoms with van der Waals surface area (Å²) in [7, 11) is -3.15. The molecule has 0 radical (unpaired) electrons. The molecule has 2 aromatic rings. The topological polar surface area (TPSA) is 43.4 Å². The van der Waals surface area contributed by atoms with E-state index in [9.17, 15) is 8.42 Å². The van der Waals surface area contributed by atoms with Gasteiger partial charge in [-0.2, -0.15) is 0 Å². The zero-order valence-electron chi connectivity index (χ0n) is 11.0. The van der Waals surface area contributed by atoms with Crippen LogP contribution in [0.15, 0.2) is 53.4 Å². The van der Waals surface area contributed by atoms with Gasteiger partial charge in [0.25, 0.3) is 0 Å². The molecule has 0 aliphatic carbocycles. The van der Waals surface area contributed by atoms with Gasteiger partial charge in [-0.25, -0.2) is 8.42 Å². The molecule has 0 amide bonds. The molecule has 0 saturated heterocycles. The lowest BCUT2D eigenvalue weighted by molar-refractivity contribution is 0.341. The van der Waals surface area contributed by atoms with Gasteiger partial charge < -0.3 is 4.74 Å². The van der Waals surface area contributed by atoms with Crippen LogP contribution in [0.3, 0.4) is 0 Å². The fourth-order valence-electron chi connectivity index (χ4n) is 1.87. The zero-order valence-corrected chi connectivity index (χ0v) is 11.8. The standard InChI is InChI=1S/C15H16O3S/c1-3-18-15-7-5-4-6-14(15)12-8-10-13(11-9-12)19(2,16)17/h4-11H,3H2,1-2H3. The molecule has 0 bridgehead atoms. The second-order valence-corrected chi connectivity index (χ2v) is 6.24. The van der Waals surface area contributed by atoms with Crippen molar-refractivity contribution < 1.29 is 13.2 Å². The molecule has 0 fully saturated rings. The van der Waals surface area contributed by atoms with Gasteiger partial charge >= 0.3 is 0 Å². The second kappa shape index (κ2) is 5.45. The first-order valence-electron chi connectivity index (χ1n) is 6.04. The van der Waals surface area contributed by atoms with Crippen molar-refractivity contribution in [2.45, 2.75) is 11.8 Å². The molecule has 0 saturated carbocycles. The summed E-state index contributed by atoms with van der Waals surface area (Å²) in [5.74, 6) is 0.803. The quantitative estimate of drug-likeness (QED) is 0.861. The highest BCUT2D eigenvalue weighted by Crippen LogP contribution is 2.30. The molecule has 0 atom stereocenters. The molecule has 0 aliphatic rings. The van der Waals surface area contributed by atoms with E-state index in [0.717, 1.165) is 16.9 Å². The van der Waals surface area contributed by atoms with Crippen LogP contribution < -0.4 is 4.74 Å². The number of sulfone groups is 1. The van der Waals surface area contributed by atoms with E-state index in [4.69, 9.17) is 4.74 Å². The van der Waals surface area contributed by atoms with Crippen molar-refractivity contribution in [3.8, 4) is 16.9 Å². The number of ether oxygens (including phenoxy) is 1. The van der Waals surface area contributed by atoms with Crippen LogP contribution in [0.4, 0.5) is 0 Å². The average molecular weight is 276 g/mol. The van der Waals surface area contributed by atoms with Gasteiger partial charge in [-0.05, 0) is 30.7 Å². The molecule has 0 heterocycles. The summed E-state index contributed by atoms with van der Waals surface area (Å²) in [6, 6.07) is 14.6. The van der Waals surface area contributed by atoms with Crippen LogP contribution in [0.1, 0.15) is 6.92 Å². The smallest absolute Gasteiger partial charge is 0.175 e. The molecule has 2 aromatic carbocycles. The fourth-order valence-corrected chi connectivity index (χ4v) is 2.50. The predicted octanol–water partition coefficient (Wildman–Crippen LogP) is 3.16. The van der Waals surface area contributed by atoms with E-state index >= 15 is 0 Å². The fraction of sp³-hybridized carbons (Fsp3) is 0.200. The molecule has 0 aliphatic heterocycles. The summed E-state index contributed by atoms with van der Waals surface area (Å²) in [6.45, 7) is 2.53. The molecule has 2 rings (SSSR count). The lowest BCUT2D eigenvalue weighted by atomic mass is 10.1. The second-order valence-electron chi connectivity index (χ2n) is 4.23. The zero-order chi connectivity index (χ0) is 13.9. The summed E-state index contributed by atoms with van der Waals surface area (Å²) >= 11 is 0. The highest BCUT2D eigenvalue weighted by Gasteiger charge is 2.09. The summed E-state index contributed by atoms with van der Waals surface area (Å²) in [6.07, 6.45) is 1.20. The lowest BCUT2D eigenvalue weighted by Gasteiger charge is -2.10. The molecule has 4 heteroatoms. The SMILES string of the molecule is CCOc1ccccc1-c1ccc(S(C)(=O)=O)cc1. The Morgan fingerprint density at radius 3 is 2.21 bits per heavy atom. The van der Waals surface area contributed by atoms with Gasteiger partial charge in [-0.15, -0.1) is 0 Å². The van der Waals surface area contributed by atoms with E-state index < -0.39 is 9.84 Å². The number of hydrogen-bond donors (Lipinski definition) is 0. The van der Waals surface area contributed by atoms with Crippen LogP contribution in [-0.2, 0) is 9.84 Å². The lowest BCUT2D eigenvalue weighted by Crippen LogP contribution is -1.97. The molecular weight excluding hydrogens is 260 g/mol. The Morgan fingerprint density at radius 2 is 1.63 bits per heavy atom. The third-order valence-electron chi connectivity index (χ3n) is 2.78. The Balaban J connectivity index is 2.43. The minimum atomic E-state index is -3.15. The predicted molar refractivity (Wildman–Crippen MR) is 76.2 cm³/mol. The van der Waals surface area contributed by atoms with Crippen LogP contribution in [0.5, 0.6) is 5.75 Å². The summed E-state index contributed by atoms with van der Waals surface area (Å²) in [5.41, 5.74) is 1.90. The summed E-state index contributed by atoms with van der Waals surface area (Å²) < 4.78 is 28.4. The normalized spacial score (nSPS) is 11.3. The van der Waals surface area contributed by atoms with Gasteiger partial charge in [-0.1, -0.05) is 30.3 Å². The Kier molecular flexibility index (Phi) is 3.90. The van der Waals surface area contributed by atoms with Crippen molar-refractivity contribution in [2.75, 3.05) is 12.9 Å². The van der Waals surface area contributed by atoms with Crippen molar-refractivity contribution in [3.63, 3.8) is 0 Å². The van der Waals surface area contributed by atoms with Gasteiger partial charge in [0, 0.05) is 11.8 Å².